The molecular weight excluding hydrogens is 302 g/mol. The van der Waals surface area contributed by atoms with E-state index in [2.05, 4.69) is 85.8 Å². The average Bonchev–Trinajstić information content (AvgIpc) is 3.03. The Labute approximate surface area is 149 Å². The number of benzene rings is 3. The highest BCUT2D eigenvalue weighted by Crippen LogP contribution is 2.23. The summed E-state index contributed by atoms with van der Waals surface area (Å²) in [5.41, 5.74) is 8.92. The van der Waals surface area contributed by atoms with Crippen molar-refractivity contribution >= 4 is 11.8 Å². The smallest absolute Gasteiger partial charge is 0.0654 e. The highest BCUT2D eigenvalue weighted by molar-refractivity contribution is 6.13. The maximum atomic E-state index is 4.71. The molecule has 0 N–H and O–H groups in total. The first-order chi connectivity index (χ1) is 12.3. The summed E-state index contributed by atoms with van der Waals surface area (Å²) in [5.74, 6) is 0. The molecule has 0 spiro atoms. The van der Waals surface area contributed by atoms with Crippen LogP contribution in [0.5, 0.6) is 0 Å². The molecule has 1 aliphatic rings. The number of fused-ring (bicyclic) bond motifs is 1. The van der Waals surface area contributed by atoms with Crippen molar-refractivity contribution in [3.05, 3.63) is 112 Å². The van der Waals surface area contributed by atoms with E-state index in [9.17, 15) is 0 Å². The lowest BCUT2D eigenvalue weighted by molar-refractivity contribution is 1.09. The Morgan fingerprint density at radius 2 is 1.68 bits per heavy atom. The van der Waals surface area contributed by atoms with E-state index < -0.39 is 0 Å². The summed E-state index contributed by atoms with van der Waals surface area (Å²) < 4.78 is 0. The maximum Gasteiger partial charge on any atom is 0.0654 e. The zero-order valence-corrected chi connectivity index (χ0v) is 14.4. The zero-order valence-electron chi connectivity index (χ0n) is 14.4. The first-order valence-corrected chi connectivity index (χ1v) is 8.73. The van der Waals surface area contributed by atoms with Crippen molar-refractivity contribution in [1.29, 1.82) is 0 Å². The largest absolute Gasteiger partial charge is 0.280 e. The van der Waals surface area contributed by atoms with Crippen molar-refractivity contribution in [1.82, 2.24) is 0 Å². The van der Waals surface area contributed by atoms with E-state index in [0.29, 0.717) is 0 Å². The summed E-state index contributed by atoms with van der Waals surface area (Å²) in [7, 11) is 0. The summed E-state index contributed by atoms with van der Waals surface area (Å²) in [6.45, 7) is 2.93. The van der Waals surface area contributed by atoms with Crippen LogP contribution in [-0.2, 0) is 13.0 Å². The fourth-order valence-corrected chi connectivity index (χ4v) is 3.33. The predicted molar refractivity (Wildman–Crippen MR) is 106 cm³/mol. The molecule has 25 heavy (non-hydrogen) atoms. The third kappa shape index (κ3) is 3.61. The molecule has 4 rings (SSSR count). The van der Waals surface area contributed by atoms with Crippen LogP contribution in [0.25, 0.3) is 6.08 Å². The lowest BCUT2D eigenvalue weighted by Crippen LogP contribution is -1.96. The number of hydrogen-bond donors (Lipinski definition) is 0. The van der Waals surface area contributed by atoms with Gasteiger partial charge in [-0.25, -0.2) is 0 Å². The number of rotatable bonds is 4. The molecule has 0 atom stereocenters. The molecule has 0 amide bonds. The number of allylic oxidation sites excluding steroid dienone is 1. The maximum absolute atomic E-state index is 4.71. The second-order valence-corrected chi connectivity index (χ2v) is 6.60. The van der Waals surface area contributed by atoms with Crippen molar-refractivity contribution in [3.63, 3.8) is 0 Å². The number of nitrogens with zero attached hydrogens (tertiary/aromatic N) is 1. The van der Waals surface area contributed by atoms with Crippen LogP contribution in [0, 0.1) is 6.92 Å². The minimum absolute atomic E-state index is 0.783. The van der Waals surface area contributed by atoms with Gasteiger partial charge in [-0.05, 0) is 41.7 Å². The van der Waals surface area contributed by atoms with E-state index in [1.807, 2.05) is 6.07 Å². The molecule has 3 aromatic carbocycles. The van der Waals surface area contributed by atoms with Crippen LogP contribution in [0.1, 0.15) is 33.4 Å². The molecule has 1 aliphatic heterocycles. The normalized spacial score (nSPS) is 13.1. The summed E-state index contributed by atoms with van der Waals surface area (Å²) in [5, 5.41) is 0. The molecule has 0 bridgehead atoms. The van der Waals surface area contributed by atoms with Gasteiger partial charge in [-0.2, -0.15) is 0 Å². The van der Waals surface area contributed by atoms with Crippen molar-refractivity contribution < 1.29 is 0 Å². The van der Waals surface area contributed by atoms with E-state index in [4.69, 9.17) is 4.99 Å². The summed E-state index contributed by atoms with van der Waals surface area (Å²) in [4.78, 5) is 4.71. The van der Waals surface area contributed by atoms with Gasteiger partial charge in [0, 0.05) is 5.56 Å². The molecule has 1 heterocycles. The van der Waals surface area contributed by atoms with Gasteiger partial charge in [0.1, 0.15) is 0 Å². The molecule has 0 saturated carbocycles. The van der Waals surface area contributed by atoms with Crippen molar-refractivity contribution in [2.24, 2.45) is 4.99 Å². The predicted octanol–water partition coefficient (Wildman–Crippen LogP) is 5.60. The van der Waals surface area contributed by atoms with Gasteiger partial charge in [-0.1, -0.05) is 84.4 Å². The van der Waals surface area contributed by atoms with E-state index in [-0.39, 0.29) is 0 Å². The van der Waals surface area contributed by atoms with E-state index in [0.717, 1.165) is 18.7 Å². The first-order valence-electron chi connectivity index (χ1n) is 8.73. The molecular formula is C24H21N. The molecule has 3 aromatic rings. The van der Waals surface area contributed by atoms with Gasteiger partial charge in [0.05, 0.1) is 12.3 Å². The Balaban J connectivity index is 1.52. The summed E-state index contributed by atoms with van der Waals surface area (Å²) >= 11 is 0. The van der Waals surface area contributed by atoms with Gasteiger partial charge in [-0.3, -0.25) is 4.99 Å². The molecule has 0 fully saturated rings. The molecule has 0 saturated heterocycles. The van der Waals surface area contributed by atoms with Crippen molar-refractivity contribution in [2.45, 2.75) is 19.9 Å². The Hall–Kier alpha value is -2.93. The number of aryl methyl sites for hydroxylation is 1. The summed E-state index contributed by atoms with van der Waals surface area (Å²) in [6, 6.07) is 25.9. The SMILES string of the molecule is Cc1cccc(Cc2ccc3c(c2)CN=C3/C=C/c2ccccc2)c1. The average molecular weight is 323 g/mol. The van der Waals surface area contributed by atoms with Gasteiger partial charge in [0.25, 0.3) is 0 Å². The highest BCUT2D eigenvalue weighted by Gasteiger charge is 2.14. The fraction of sp³-hybridized carbons (Fsp3) is 0.125. The van der Waals surface area contributed by atoms with Crippen molar-refractivity contribution in [3.8, 4) is 0 Å². The van der Waals surface area contributed by atoms with Gasteiger partial charge >= 0.3 is 0 Å². The monoisotopic (exact) mass is 323 g/mol. The Morgan fingerprint density at radius 1 is 0.840 bits per heavy atom. The first kappa shape index (κ1) is 15.6. The van der Waals surface area contributed by atoms with Crippen LogP contribution in [0.2, 0.25) is 0 Å². The third-order valence-electron chi connectivity index (χ3n) is 4.59. The van der Waals surface area contributed by atoms with Crippen LogP contribution in [-0.4, -0.2) is 5.71 Å². The molecule has 1 nitrogen and oxygen atoms in total. The topological polar surface area (TPSA) is 12.4 Å². The van der Waals surface area contributed by atoms with E-state index >= 15 is 0 Å². The standard InChI is InChI=1S/C24H21N/c1-18-6-5-9-20(14-18)15-21-10-12-23-22(16-21)17-25-24(23)13-11-19-7-3-2-4-8-19/h2-14,16H,15,17H2,1H3/b13-11+. The second kappa shape index (κ2) is 6.90. The van der Waals surface area contributed by atoms with Gasteiger partial charge < -0.3 is 0 Å². The van der Waals surface area contributed by atoms with Crippen LogP contribution in [0.4, 0.5) is 0 Å². The van der Waals surface area contributed by atoms with Gasteiger partial charge in [0.2, 0.25) is 0 Å². The van der Waals surface area contributed by atoms with Crippen LogP contribution < -0.4 is 0 Å². The van der Waals surface area contributed by atoms with Crippen LogP contribution in [0.3, 0.4) is 0 Å². The lowest BCUT2D eigenvalue weighted by atomic mass is 9.97. The Kier molecular flexibility index (Phi) is 4.30. The quantitative estimate of drug-likeness (QED) is 0.592. The number of aliphatic imine (C=N–C) groups is 1. The van der Waals surface area contributed by atoms with Crippen LogP contribution >= 0.6 is 0 Å². The zero-order chi connectivity index (χ0) is 17.1. The summed E-state index contributed by atoms with van der Waals surface area (Å²) in [6.07, 6.45) is 5.24. The molecule has 0 radical (unpaired) electrons. The van der Waals surface area contributed by atoms with Gasteiger partial charge in [-0.15, -0.1) is 0 Å². The molecule has 0 unspecified atom stereocenters. The number of hydrogen-bond acceptors (Lipinski definition) is 1. The molecule has 0 aromatic heterocycles. The minimum Gasteiger partial charge on any atom is -0.280 e. The van der Waals surface area contributed by atoms with E-state index in [1.165, 1.54) is 33.4 Å². The Morgan fingerprint density at radius 3 is 2.52 bits per heavy atom. The lowest BCUT2D eigenvalue weighted by Gasteiger charge is -2.06. The highest BCUT2D eigenvalue weighted by atomic mass is 14.8. The fourth-order valence-electron chi connectivity index (χ4n) is 3.33. The Bertz CT molecular complexity index is 949. The second-order valence-electron chi connectivity index (χ2n) is 6.60. The van der Waals surface area contributed by atoms with Crippen LogP contribution in [0.15, 0.2) is 83.9 Å². The molecule has 122 valence electrons. The molecule has 1 heteroatoms. The third-order valence-corrected chi connectivity index (χ3v) is 4.59. The van der Waals surface area contributed by atoms with Gasteiger partial charge in [0.15, 0.2) is 0 Å². The van der Waals surface area contributed by atoms with Crippen molar-refractivity contribution in [2.75, 3.05) is 0 Å². The minimum atomic E-state index is 0.783. The molecule has 0 aliphatic carbocycles. The van der Waals surface area contributed by atoms with E-state index in [1.54, 1.807) is 0 Å².